The molecule has 0 aliphatic heterocycles. The van der Waals surface area contributed by atoms with E-state index in [2.05, 4.69) is 43.5 Å². The summed E-state index contributed by atoms with van der Waals surface area (Å²) in [7, 11) is 0. The van der Waals surface area contributed by atoms with Crippen LogP contribution in [0, 0.1) is 0 Å². The molecule has 6 nitrogen and oxygen atoms in total. The molecule has 80 heavy (non-hydrogen) atoms. The first kappa shape index (κ1) is 78.3. The van der Waals surface area contributed by atoms with Gasteiger partial charge in [-0.25, -0.2) is 0 Å². The molecule has 474 valence electrons. The summed E-state index contributed by atoms with van der Waals surface area (Å²) in [5.41, 5.74) is 0. The molecule has 0 fully saturated rings. The molecule has 0 aliphatic rings. The van der Waals surface area contributed by atoms with Gasteiger partial charge in [0.25, 0.3) is 0 Å². The number of aliphatic hydroxyl groups excluding tert-OH is 2. The van der Waals surface area contributed by atoms with E-state index in [-0.39, 0.29) is 18.5 Å². The van der Waals surface area contributed by atoms with Gasteiger partial charge < -0.3 is 20.3 Å². The molecule has 0 radical (unpaired) electrons. The first-order valence-electron chi connectivity index (χ1n) is 36.6. The van der Waals surface area contributed by atoms with Crippen molar-refractivity contribution in [3.05, 3.63) is 24.3 Å². The summed E-state index contributed by atoms with van der Waals surface area (Å²) in [4.78, 5) is 24.5. The number of amides is 1. The van der Waals surface area contributed by atoms with Crippen LogP contribution in [0.15, 0.2) is 24.3 Å². The quantitative estimate of drug-likeness (QED) is 0.0320. The SMILES string of the molecule is CCCCCCCCC/C=C\CCCCCCCC(=O)OCCCCCCCCCCCCCCCCCC/C=C\CCCCCCCCCCCCCCCCCCCC(=O)NC(CO)C(O)CCCCCCCCCCCC. The minimum atomic E-state index is -0.659. The van der Waals surface area contributed by atoms with Crippen molar-refractivity contribution in [1.82, 2.24) is 5.32 Å². The van der Waals surface area contributed by atoms with Crippen LogP contribution < -0.4 is 5.32 Å². The second-order valence-corrected chi connectivity index (χ2v) is 25.3. The van der Waals surface area contributed by atoms with E-state index in [0.29, 0.717) is 25.9 Å². The molecule has 0 rings (SSSR count). The minimum absolute atomic E-state index is 0.0146. The molecule has 0 saturated heterocycles. The summed E-state index contributed by atoms with van der Waals surface area (Å²) in [6, 6.07) is -0.536. The predicted molar refractivity (Wildman–Crippen MR) is 352 cm³/mol. The number of ether oxygens (including phenoxy) is 1. The zero-order valence-corrected chi connectivity index (χ0v) is 54.3. The summed E-state index contributed by atoms with van der Waals surface area (Å²) in [6.07, 6.45) is 88.4. The van der Waals surface area contributed by atoms with Crippen LogP contribution in [0.2, 0.25) is 0 Å². The van der Waals surface area contributed by atoms with Gasteiger partial charge in [0.1, 0.15) is 0 Å². The van der Waals surface area contributed by atoms with Crippen molar-refractivity contribution in [2.45, 2.75) is 424 Å². The normalized spacial score (nSPS) is 12.6. The van der Waals surface area contributed by atoms with Gasteiger partial charge in [-0.2, -0.15) is 0 Å². The summed E-state index contributed by atoms with van der Waals surface area (Å²) < 4.78 is 5.50. The highest BCUT2D eigenvalue weighted by molar-refractivity contribution is 5.76. The van der Waals surface area contributed by atoms with Crippen LogP contribution in [0.5, 0.6) is 0 Å². The fraction of sp³-hybridized carbons (Fsp3) is 0.919. The number of esters is 1. The van der Waals surface area contributed by atoms with Crippen LogP contribution >= 0.6 is 0 Å². The van der Waals surface area contributed by atoms with Gasteiger partial charge >= 0.3 is 5.97 Å². The molecule has 0 saturated carbocycles. The Morgan fingerprint density at radius 2 is 0.588 bits per heavy atom. The number of hydrogen-bond donors (Lipinski definition) is 3. The number of carbonyl (C=O) groups is 2. The second kappa shape index (κ2) is 69.8. The molecule has 0 spiro atoms. The number of allylic oxidation sites excluding steroid dienone is 4. The first-order valence-corrected chi connectivity index (χ1v) is 36.6. The molecule has 0 aromatic heterocycles. The fourth-order valence-electron chi connectivity index (χ4n) is 11.6. The first-order chi connectivity index (χ1) is 39.5. The Balaban J connectivity index is 3.30. The largest absolute Gasteiger partial charge is 0.466 e. The van der Waals surface area contributed by atoms with Gasteiger partial charge in [0, 0.05) is 12.8 Å². The van der Waals surface area contributed by atoms with Crippen LogP contribution in [0.3, 0.4) is 0 Å². The third kappa shape index (κ3) is 65.5. The molecule has 0 bridgehead atoms. The van der Waals surface area contributed by atoms with E-state index in [1.807, 2.05) is 0 Å². The number of hydrogen-bond acceptors (Lipinski definition) is 5. The maximum atomic E-state index is 12.5. The van der Waals surface area contributed by atoms with Gasteiger partial charge in [0.2, 0.25) is 5.91 Å². The van der Waals surface area contributed by atoms with Gasteiger partial charge in [-0.3, -0.25) is 9.59 Å². The molecular weight excluding hydrogens is 983 g/mol. The Labute approximate surface area is 501 Å². The zero-order valence-electron chi connectivity index (χ0n) is 54.3. The minimum Gasteiger partial charge on any atom is -0.466 e. The van der Waals surface area contributed by atoms with Crippen LogP contribution in [0.1, 0.15) is 412 Å². The van der Waals surface area contributed by atoms with E-state index in [1.54, 1.807) is 0 Å². The van der Waals surface area contributed by atoms with Crippen molar-refractivity contribution in [1.29, 1.82) is 0 Å². The summed E-state index contributed by atoms with van der Waals surface area (Å²) in [6.45, 7) is 4.96. The molecule has 6 heteroatoms. The van der Waals surface area contributed by atoms with Crippen molar-refractivity contribution in [2.24, 2.45) is 0 Å². The lowest BCUT2D eigenvalue weighted by Crippen LogP contribution is -2.45. The molecule has 2 unspecified atom stereocenters. The van der Waals surface area contributed by atoms with Gasteiger partial charge in [0.05, 0.1) is 25.4 Å². The molecule has 1 amide bonds. The highest BCUT2D eigenvalue weighted by Crippen LogP contribution is 2.19. The van der Waals surface area contributed by atoms with E-state index >= 15 is 0 Å². The Hall–Kier alpha value is -1.66. The number of unbranched alkanes of at least 4 members (excludes halogenated alkanes) is 54. The lowest BCUT2D eigenvalue weighted by Gasteiger charge is -2.22. The second-order valence-electron chi connectivity index (χ2n) is 25.3. The van der Waals surface area contributed by atoms with Crippen molar-refractivity contribution < 1.29 is 24.5 Å². The molecular formula is C74H143NO5. The van der Waals surface area contributed by atoms with Gasteiger partial charge in [-0.15, -0.1) is 0 Å². The number of rotatable bonds is 69. The third-order valence-corrected chi connectivity index (χ3v) is 17.2. The molecule has 0 heterocycles. The smallest absolute Gasteiger partial charge is 0.305 e. The molecule has 0 aliphatic carbocycles. The number of nitrogens with one attached hydrogen (secondary N) is 1. The lowest BCUT2D eigenvalue weighted by atomic mass is 10.0. The van der Waals surface area contributed by atoms with Crippen LogP contribution in [-0.2, 0) is 14.3 Å². The fourth-order valence-corrected chi connectivity index (χ4v) is 11.6. The van der Waals surface area contributed by atoms with Gasteiger partial charge in [-0.05, 0) is 77.0 Å². The molecule has 2 atom stereocenters. The van der Waals surface area contributed by atoms with Gasteiger partial charge in [0.15, 0.2) is 0 Å². The lowest BCUT2D eigenvalue weighted by molar-refractivity contribution is -0.143. The Bertz CT molecular complexity index is 1250. The van der Waals surface area contributed by atoms with E-state index < -0.39 is 12.1 Å². The average Bonchev–Trinajstić information content (AvgIpc) is 3.46. The summed E-state index contributed by atoms with van der Waals surface area (Å²) in [5, 5.41) is 23.2. The van der Waals surface area contributed by atoms with E-state index in [4.69, 9.17) is 4.74 Å². The summed E-state index contributed by atoms with van der Waals surface area (Å²) in [5.74, 6) is -0.0161. The molecule has 0 aromatic carbocycles. The summed E-state index contributed by atoms with van der Waals surface area (Å²) >= 11 is 0. The standard InChI is InChI=1S/C74H143NO5/c1-3-5-7-9-11-13-15-16-17-42-45-48-52-56-60-64-68-74(79)80-69-65-61-57-53-49-46-43-40-38-36-34-32-30-28-26-24-22-20-18-19-21-23-25-27-29-31-33-35-37-39-41-44-47-51-55-59-63-67-73(78)75-71(70-76)72(77)66-62-58-54-50-14-12-10-8-6-4-2/h17-18,20,42,71-72,76-77H,3-16,19,21-41,43-70H2,1-2H3,(H,75,78)/b20-18-,42-17-. The Morgan fingerprint density at radius 1 is 0.338 bits per heavy atom. The monoisotopic (exact) mass is 1130 g/mol. The predicted octanol–water partition coefficient (Wildman–Crippen LogP) is 23.7. The maximum Gasteiger partial charge on any atom is 0.305 e. The van der Waals surface area contributed by atoms with E-state index in [9.17, 15) is 19.8 Å². The molecule has 3 N–H and O–H groups in total. The highest BCUT2D eigenvalue weighted by Gasteiger charge is 2.20. The van der Waals surface area contributed by atoms with Crippen LogP contribution in [-0.4, -0.2) is 47.4 Å². The Morgan fingerprint density at radius 3 is 0.887 bits per heavy atom. The third-order valence-electron chi connectivity index (χ3n) is 17.2. The molecule has 0 aromatic rings. The maximum absolute atomic E-state index is 12.5. The van der Waals surface area contributed by atoms with Crippen LogP contribution in [0.4, 0.5) is 0 Å². The highest BCUT2D eigenvalue weighted by atomic mass is 16.5. The van der Waals surface area contributed by atoms with Crippen LogP contribution in [0.25, 0.3) is 0 Å². The van der Waals surface area contributed by atoms with Gasteiger partial charge in [-0.1, -0.05) is 346 Å². The van der Waals surface area contributed by atoms with Crippen molar-refractivity contribution in [3.63, 3.8) is 0 Å². The van der Waals surface area contributed by atoms with Crippen molar-refractivity contribution in [3.8, 4) is 0 Å². The van der Waals surface area contributed by atoms with E-state index in [0.717, 1.165) is 44.9 Å². The van der Waals surface area contributed by atoms with Crippen molar-refractivity contribution >= 4 is 11.9 Å². The van der Waals surface area contributed by atoms with E-state index in [1.165, 1.54) is 334 Å². The average molecular weight is 1130 g/mol. The number of aliphatic hydroxyl groups is 2. The Kier molecular flexibility index (Phi) is 68.4. The number of carbonyl (C=O) groups excluding carboxylic acids is 2. The zero-order chi connectivity index (χ0) is 57.8. The van der Waals surface area contributed by atoms with Crippen molar-refractivity contribution in [2.75, 3.05) is 13.2 Å². The topological polar surface area (TPSA) is 95.9 Å².